The van der Waals surface area contributed by atoms with E-state index in [9.17, 15) is 5.11 Å². The average Bonchev–Trinajstić information content (AvgIpc) is 3.08. The molecule has 2 aromatic rings. The van der Waals surface area contributed by atoms with Crippen LogP contribution in [0, 0.1) is 5.92 Å². The monoisotopic (exact) mass is 330 g/mol. The van der Waals surface area contributed by atoms with Gasteiger partial charge in [-0.25, -0.2) is 9.97 Å². The minimum Gasteiger partial charge on any atom is -0.383 e. The highest BCUT2D eigenvalue weighted by molar-refractivity contribution is 5.86. The van der Waals surface area contributed by atoms with Crippen LogP contribution in [-0.2, 0) is 4.74 Å². The molecule has 3 rings (SSSR count). The highest BCUT2D eigenvalue weighted by atomic mass is 16.6. The number of hydrogen-bond acceptors (Lipinski definition) is 5. The molecule has 0 saturated heterocycles. The van der Waals surface area contributed by atoms with Gasteiger partial charge in [0, 0.05) is 6.20 Å². The molecule has 3 N–H and O–H groups in total. The second-order valence-electron chi connectivity index (χ2n) is 7.09. The van der Waals surface area contributed by atoms with Gasteiger partial charge in [-0.05, 0) is 51.5 Å². The Kier molecular flexibility index (Phi) is 4.60. The van der Waals surface area contributed by atoms with Crippen LogP contribution < -0.4 is 5.73 Å². The fourth-order valence-corrected chi connectivity index (χ4v) is 3.71. The number of ether oxygens (including phenoxy) is 1. The highest BCUT2D eigenvalue weighted by Crippen LogP contribution is 2.42. The summed E-state index contributed by atoms with van der Waals surface area (Å²) in [5, 5.41) is 11.0. The van der Waals surface area contributed by atoms with Crippen LogP contribution in [0.3, 0.4) is 0 Å². The number of allylic oxidation sites excluding steroid dienone is 1. The lowest BCUT2D eigenvalue weighted by atomic mass is 10.0. The molecule has 0 unspecified atom stereocenters. The van der Waals surface area contributed by atoms with Crippen LogP contribution in [0.25, 0.3) is 11.0 Å². The molecule has 0 radical (unpaired) electrons. The molecular weight excluding hydrogens is 304 g/mol. The van der Waals surface area contributed by atoms with Gasteiger partial charge in [0.1, 0.15) is 17.8 Å². The van der Waals surface area contributed by atoms with Crippen LogP contribution in [0.2, 0.25) is 0 Å². The summed E-state index contributed by atoms with van der Waals surface area (Å²) >= 11 is 0. The Morgan fingerprint density at radius 3 is 2.96 bits per heavy atom. The Balaban J connectivity index is 1.92. The number of fused-ring (bicyclic) bond motifs is 1. The third-order valence-corrected chi connectivity index (χ3v) is 4.69. The van der Waals surface area contributed by atoms with E-state index in [4.69, 9.17) is 10.5 Å². The first-order chi connectivity index (χ1) is 11.4. The van der Waals surface area contributed by atoms with E-state index in [-0.39, 0.29) is 12.1 Å². The van der Waals surface area contributed by atoms with Gasteiger partial charge in [-0.1, -0.05) is 6.08 Å². The zero-order valence-electron chi connectivity index (χ0n) is 14.4. The number of hydrogen-bond donors (Lipinski definition) is 2. The molecule has 0 bridgehead atoms. The van der Waals surface area contributed by atoms with Crippen molar-refractivity contribution in [2.75, 3.05) is 5.73 Å². The summed E-state index contributed by atoms with van der Waals surface area (Å²) in [5.74, 6) is -0.135. The van der Waals surface area contributed by atoms with Gasteiger partial charge in [-0.3, -0.25) is 0 Å². The van der Waals surface area contributed by atoms with Gasteiger partial charge in [0.15, 0.2) is 5.79 Å². The summed E-state index contributed by atoms with van der Waals surface area (Å²) in [5.41, 5.74) is 6.77. The molecule has 1 fully saturated rings. The van der Waals surface area contributed by atoms with Crippen molar-refractivity contribution in [3.8, 4) is 0 Å². The topological polar surface area (TPSA) is 86.2 Å². The second kappa shape index (κ2) is 6.53. The summed E-state index contributed by atoms with van der Waals surface area (Å²) in [6, 6.07) is 2.07. The molecule has 2 heterocycles. The molecule has 3 atom stereocenters. The van der Waals surface area contributed by atoms with Crippen molar-refractivity contribution in [1.29, 1.82) is 0 Å². The van der Waals surface area contributed by atoms with Gasteiger partial charge in [0.05, 0.1) is 17.5 Å². The fraction of sp³-hybridized carbons (Fsp3) is 0.556. The summed E-state index contributed by atoms with van der Waals surface area (Å²) < 4.78 is 8.08. The standard InChI is InChI=1S/C18H26N4O2/c1-4-5-6-12-9-14(15(10-12)24-18(2,3)23)22-8-7-13-16(19)20-11-21-17(13)22/h4,7-8,11-12,14-15,23H,1,5-6,9-10H2,2-3H3,(H2,19,20,21)/t12-,14+,15+/m0/s1. The molecule has 2 aromatic heterocycles. The van der Waals surface area contributed by atoms with Crippen molar-refractivity contribution >= 4 is 16.9 Å². The first-order valence-electron chi connectivity index (χ1n) is 8.47. The molecule has 1 aliphatic carbocycles. The van der Waals surface area contributed by atoms with Crippen molar-refractivity contribution in [3.63, 3.8) is 0 Å². The van der Waals surface area contributed by atoms with E-state index < -0.39 is 5.79 Å². The quantitative estimate of drug-likeness (QED) is 0.628. The lowest BCUT2D eigenvalue weighted by molar-refractivity contribution is -0.210. The van der Waals surface area contributed by atoms with Gasteiger partial charge < -0.3 is 20.1 Å². The van der Waals surface area contributed by atoms with Crippen LogP contribution >= 0.6 is 0 Å². The molecule has 1 saturated carbocycles. The van der Waals surface area contributed by atoms with Crippen LogP contribution in [0.4, 0.5) is 5.82 Å². The predicted molar refractivity (Wildman–Crippen MR) is 94.3 cm³/mol. The van der Waals surface area contributed by atoms with Crippen LogP contribution in [0.15, 0.2) is 31.2 Å². The second-order valence-corrected chi connectivity index (χ2v) is 7.09. The molecule has 0 aliphatic heterocycles. The Morgan fingerprint density at radius 1 is 1.46 bits per heavy atom. The van der Waals surface area contributed by atoms with E-state index in [0.717, 1.165) is 36.7 Å². The molecule has 6 nitrogen and oxygen atoms in total. The minimum atomic E-state index is -1.16. The predicted octanol–water partition coefficient (Wildman–Crippen LogP) is 3.04. The number of rotatable bonds is 6. The van der Waals surface area contributed by atoms with Crippen molar-refractivity contribution in [1.82, 2.24) is 14.5 Å². The summed E-state index contributed by atoms with van der Waals surface area (Å²) in [6.45, 7) is 7.16. The Morgan fingerprint density at radius 2 is 2.25 bits per heavy atom. The third-order valence-electron chi connectivity index (χ3n) is 4.69. The smallest absolute Gasteiger partial charge is 0.160 e. The maximum atomic E-state index is 10.1. The van der Waals surface area contributed by atoms with Crippen molar-refractivity contribution in [2.24, 2.45) is 5.92 Å². The van der Waals surface area contributed by atoms with E-state index in [2.05, 4.69) is 21.1 Å². The number of nitrogens with two attached hydrogens (primary N) is 1. The third kappa shape index (κ3) is 3.44. The molecule has 24 heavy (non-hydrogen) atoms. The lowest BCUT2D eigenvalue weighted by Crippen LogP contribution is -2.33. The average molecular weight is 330 g/mol. The van der Waals surface area contributed by atoms with Crippen molar-refractivity contribution < 1.29 is 9.84 Å². The number of anilines is 1. The first kappa shape index (κ1) is 16.9. The SMILES string of the molecule is C=CCC[C@H]1C[C@@H](n2ccc3c(N)ncnc32)[C@H](OC(C)(C)O)C1. The Bertz CT molecular complexity index is 719. The van der Waals surface area contributed by atoms with Gasteiger partial charge >= 0.3 is 0 Å². The van der Waals surface area contributed by atoms with E-state index in [1.54, 1.807) is 13.8 Å². The van der Waals surface area contributed by atoms with Gasteiger partial charge in [0.2, 0.25) is 0 Å². The number of aliphatic hydroxyl groups is 1. The van der Waals surface area contributed by atoms with Crippen LogP contribution in [0.5, 0.6) is 0 Å². The summed E-state index contributed by atoms with van der Waals surface area (Å²) in [4.78, 5) is 8.45. The van der Waals surface area contributed by atoms with Gasteiger partial charge in [-0.15, -0.1) is 6.58 Å². The summed E-state index contributed by atoms with van der Waals surface area (Å²) in [7, 11) is 0. The van der Waals surface area contributed by atoms with Gasteiger partial charge in [-0.2, -0.15) is 0 Å². The molecule has 0 amide bonds. The lowest BCUT2D eigenvalue weighted by Gasteiger charge is -2.28. The van der Waals surface area contributed by atoms with Crippen LogP contribution in [-0.4, -0.2) is 31.5 Å². The number of aromatic nitrogens is 3. The molecule has 1 aliphatic rings. The summed E-state index contributed by atoms with van der Waals surface area (Å²) in [6.07, 6.45) is 9.37. The maximum Gasteiger partial charge on any atom is 0.160 e. The van der Waals surface area contributed by atoms with E-state index in [1.807, 2.05) is 18.3 Å². The highest BCUT2D eigenvalue weighted by Gasteiger charge is 2.39. The minimum absolute atomic E-state index is 0.0633. The van der Waals surface area contributed by atoms with E-state index in [1.165, 1.54) is 6.33 Å². The zero-order chi connectivity index (χ0) is 17.3. The van der Waals surface area contributed by atoms with Crippen molar-refractivity contribution in [3.05, 3.63) is 31.2 Å². The zero-order valence-corrected chi connectivity index (χ0v) is 14.4. The fourth-order valence-electron chi connectivity index (χ4n) is 3.71. The van der Waals surface area contributed by atoms with E-state index >= 15 is 0 Å². The Labute approximate surface area is 142 Å². The molecule has 6 heteroatoms. The Hall–Kier alpha value is -1.92. The normalized spacial score (nSPS) is 24.5. The maximum absolute atomic E-state index is 10.1. The molecule has 130 valence electrons. The molecule has 0 aromatic carbocycles. The number of nitrogens with zero attached hydrogens (tertiary/aromatic N) is 3. The molecule has 0 spiro atoms. The van der Waals surface area contributed by atoms with Gasteiger partial charge in [0.25, 0.3) is 0 Å². The largest absolute Gasteiger partial charge is 0.383 e. The number of nitrogen functional groups attached to an aromatic ring is 1. The molecular formula is C18H26N4O2. The van der Waals surface area contributed by atoms with Crippen molar-refractivity contribution in [2.45, 2.75) is 57.5 Å². The van der Waals surface area contributed by atoms with Crippen LogP contribution in [0.1, 0.15) is 45.6 Å². The first-order valence-corrected chi connectivity index (χ1v) is 8.47. The van der Waals surface area contributed by atoms with E-state index in [0.29, 0.717) is 11.7 Å².